The Morgan fingerprint density at radius 1 is 1.15 bits per heavy atom. The van der Waals surface area contributed by atoms with Gasteiger partial charge in [0.05, 0.1) is 23.9 Å². The van der Waals surface area contributed by atoms with E-state index in [9.17, 15) is 36.2 Å². The van der Waals surface area contributed by atoms with Gasteiger partial charge in [0.1, 0.15) is 11.3 Å². The first-order valence-corrected chi connectivity index (χ1v) is 9.07. The van der Waals surface area contributed by atoms with Crippen LogP contribution < -0.4 is 10.1 Å². The minimum atomic E-state index is -4.90. The number of alkyl halides is 6. The molecular weight excluding hydrogens is 460 g/mol. The number of amides is 1. The lowest BCUT2D eigenvalue weighted by atomic mass is 9.98. The Morgan fingerprint density at radius 3 is 2.45 bits per heavy atom. The highest BCUT2D eigenvalue weighted by atomic mass is 19.4. The SMILES string of the molecule is COc1ccc(C(F)(F)F)cc1NC(=O)c1c(-c2cn(C)nc2C(F)(F)F)c2oc1cc2O. The number of anilines is 1. The quantitative estimate of drug-likeness (QED) is 0.394. The third-order valence-electron chi connectivity index (χ3n) is 4.80. The lowest BCUT2D eigenvalue weighted by Crippen LogP contribution is -2.15. The van der Waals surface area contributed by atoms with Crippen molar-refractivity contribution in [2.45, 2.75) is 12.4 Å². The predicted octanol–water partition coefficient (Wildman–Crippen LogP) is 5.28. The van der Waals surface area contributed by atoms with Gasteiger partial charge in [0, 0.05) is 30.4 Å². The number of carbonyl (C=O) groups is 1. The average molecular weight is 473 g/mol. The summed E-state index contributed by atoms with van der Waals surface area (Å²) in [6.45, 7) is 0. The molecule has 2 bridgehead atoms. The third kappa shape index (κ3) is 3.79. The summed E-state index contributed by atoms with van der Waals surface area (Å²) in [5.41, 5.74) is -4.80. The van der Waals surface area contributed by atoms with Crippen LogP contribution in [0, 0.1) is 0 Å². The molecule has 4 rings (SSSR count). The van der Waals surface area contributed by atoms with E-state index in [1.54, 1.807) is 0 Å². The standard InChI is InChI=1S/C20H13F6N3O4/c1-29-7-9(17(28-29)20(24,25)26)14-15(13-6-11(30)16(14)33-13)18(31)27-10-5-8(19(21,22)23)3-4-12(10)32-2/h3-7,30H,1-2H3,(H,27,31). The molecule has 0 fully saturated rings. The van der Waals surface area contributed by atoms with Gasteiger partial charge in [-0.3, -0.25) is 9.48 Å². The monoisotopic (exact) mass is 473 g/mol. The maximum Gasteiger partial charge on any atom is 0.435 e. The molecule has 0 atom stereocenters. The minimum Gasteiger partial charge on any atom is -0.504 e. The number of halogens is 6. The van der Waals surface area contributed by atoms with Gasteiger partial charge in [0.2, 0.25) is 0 Å². The van der Waals surface area contributed by atoms with Crippen LogP contribution in [0.15, 0.2) is 34.9 Å². The molecule has 0 radical (unpaired) electrons. The number of carbonyl (C=O) groups excluding carboxylic acids is 1. The maximum atomic E-state index is 13.5. The van der Waals surface area contributed by atoms with Gasteiger partial charge >= 0.3 is 12.4 Å². The largest absolute Gasteiger partial charge is 0.504 e. The van der Waals surface area contributed by atoms with Crippen LogP contribution in [0.4, 0.5) is 32.0 Å². The van der Waals surface area contributed by atoms with Crippen LogP contribution in [-0.2, 0) is 19.4 Å². The summed E-state index contributed by atoms with van der Waals surface area (Å²) in [6.07, 6.45) is -8.63. The van der Waals surface area contributed by atoms with Crippen LogP contribution in [0.1, 0.15) is 21.6 Å². The van der Waals surface area contributed by atoms with Crippen molar-refractivity contribution in [1.82, 2.24) is 9.78 Å². The number of nitrogens with zero attached hydrogens (tertiary/aromatic N) is 2. The van der Waals surface area contributed by atoms with Crippen LogP contribution in [0.3, 0.4) is 0 Å². The average Bonchev–Trinajstić information content (AvgIpc) is 3.38. The summed E-state index contributed by atoms with van der Waals surface area (Å²) < 4.78 is 91.0. The number of aromatic nitrogens is 2. The Kier molecular flexibility index (Phi) is 4.95. The van der Waals surface area contributed by atoms with Gasteiger partial charge in [-0.05, 0) is 18.2 Å². The summed E-state index contributed by atoms with van der Waals surface area (Å²) in [6, 6.07) is 3.38. The lowest BCUT2D eigenvalue weighted by molar-refractivity contribution is -0.141. The number of ether oxygens (including phenoxy) is 1. The van der Waals surface area contributed by atoms with Crippen LogP contribution in [0.2, 0.25) is 0 Å². The van der Waals surface area contributed by atoms with E-state index in [4.69, 9.17) is 9.15 Å². The maximum absolute atomic E-state index is 13.5. The molecule has 0 saturated heterocycles. The molecule has 0 saturated carbocycles. The summed E-state index contributed by atoms with van der Waals surface area (Å²) in [5, 5.41) is 15.6. The molecule has 4 aromatic rings. The van der Waals surface area contributed by atoms with E-state index in [1.165, 1.54) is 14.2 Å². The first-order valence-electron chi connectivity index (χ1n) is 9.07. The molecule has 0 aliphatic carbocycles. The van der Waals surface area contributed by atoms with Gasteiger partial charge in [0.15, 0.2) is 17.0 Å². The van der Waals surface area contributed by atoms with E-state index in [-0.39, 0.29) is 17.0 Å². The van der Waals surface area contributed by atoms with Crippen molar-refractivity contribution >= 4 is 22.8 Å². The van der Waals surface area contributed by atoms with Crippen molar-refractivity contribution in [2.24, 2.45) is 7.05 Å². The Balaban J connectivity index is 1.85. The molecular formula is C20H13F6N3O4. The van der Waals surface area contributed by atoms with Gasteiger partial charge < -0.3 is 19.6 Å². The highest BCUT2D eigenvalue weighted by molar-refractivity contribution is 6.18. The first-order chi connectivity index (χ1) is 15.3. The zero-order valence-corrected chi connectivity index (χ0v) is 16.7. The van der Waals surface area contributed by atoms with Gasteiger partial charge in [0.25, 0.3) is 5.91 Å². The van der Waals surface area contributed by atoms with Crippen molar-refractivity contribution in [3.63, 3.8) is 0 Å². The van der Waals surface area contributed by atoms with E-state index in [1.807, 2.05) is 0 Å². The predicted molar refractivity (Wildman–Crippen MR) is 102 cm³/mol. The molecule has 0 spiro atoms. The highest BCUT2D eigenvalue weighted by Crippen LogP contribution is 2.47. The zero-order chi connectivity index (χ0) is 24.3. The van der Waals surface area contributed by atoms with Crippen LogP contribution in [0.25, 0.3) is 22.3 Å². The molecule has 33 heavy (non-hydrogen) atoms. The molecule has 3 heterocycles. The fourth-order valence-electron chi connectivity index (χ4n) is 3.45. The number of phenols is 1. The molecule has 13 heteroatoms. The van der Waals surface area contributed by atoms with E-state index in [0.717, 1.165) is 29.1 Å². The first kappa shape index (κ1) is 22.3. The molecule has 0 aliphatic rings. The van der Waals surface area contributed by atoms with Crippen LogP contribution >= 0.6 is 0 Å². The van der Waals surface area contributed by atoms with Crippen molar-refractivity contribution < 1.29 is 45.4 Å². The molecule has 1 aromatic carbocycles. The van der Waals surface area contributed by atoms with Crippen molar-refractivity contribution in [3.8, 4) is 22.6 Å². The van der Waals surface area contributed by atoms with E-state index < -0.39 is 57.5 Å². The third-order valence-corrected chi connectivity index (χ3v) is 4.80. The Bertz CT molecular complexity index is 1350. The number of methoxy groups -OCH3 is 1. The Morgan fingerprint density at radius 2 is 1.85 bits per heavy atom. The molecule has 3 aromatic heterocycles. The fourth-order valence-corrected chi connectivity index (χ4v) is 3.45. The molecule has 7 nitrogen and oxygen atoms in total. The highest BCUT2D eigenvalue weighted by Gasteiger charge is 2.40. The van der Waals surface area contributed by atoms with E-state index in [0.29, 0.717) is 6.07 Å². The smallest absolute Gasteiger partial charge is 0.435 e. The topological polar surface area (TPSA) is 89.5 Å². The number of benzene rings is 2. The fraction of sp³-hybridized carbons (Fsp3) is 0.200. The van der Waals surface area contributed by atoms with Crippen molar-refractivity contribution in [2.75, 3.05) is 12.4 Å². The van der Waals surface area contributed by atoms with Crippen molar-refractivity contribution in [1.29, 1.82) is 0 Å². The zero-order valence-electron chi connectivity index (χ0n) is 16.7. The lowest BCUT2D eigenvalue weighted by Gasteiger charge is -2.14. The minimum absolute atomic E-state index is 0.115. The summed E-state index contributed by atoms with van der Waals surface area (Å²) in [7, 11) is 2.40. The number of fused-ring (bicyclic) bond motifs is 2. The Hall–Kier alpha value is -3.90. The van der Waals surface area contributed by atoms with Gasteiger partial charge in [-0.2, -0.15) is 31.4 Å². The number of aryl methyl sites for hydroxylation is 1. The van der Waals surface area contributed by atoms with Gasteiger partial charge in [-0.1, -0.05) is 0 Å². The number of hydrogen-bond acceptors (Lipinski definition) is 5. The van der Waals surface area contributed by atoms with Crippen LogP contribution in [0.5, 0.6) is 11.5 Å². The second kappa shape index (κ2) is 7.32. The molecule has 0 aliphatic heterocycles. The second-order valence-corrected chi connectivity index (χ2v) is 7.00. The van der Waals surface area contributed by atoms with Crippen molar-refractivity contribution in [3.05, 3.63) is 47.3 Å². The van der Waals surface area contributed by atoms with E-state index in [2.05, 4.69) is 10.4 Å². The number of hydrogen-bond donors (Lipinski definition) is 2. The molecule has 0 unspecified atom stereocenters. The summed E-state index contributed by atoms with van der Waals surface area (Å²) in [5.74, 6) is -1.70. The van der Waals surface area contributed by atoms with Gasteiger partial charge in [-0.25, -0.2) is 0 Å². The number of furan rings is 2. The van der Waals surface area contributed by atoms with E-state index >= 15 is 0 Å². The molecule has 2 N–H and O–H groups in total. The van der Waals surface area contributed by atoms with Gasteiger partial charge in [-0.15, -0.1) is 0 Å². The van der Waals surface area contributed by atoms with Crippen LogP contribution in [-0.4, -0.2) is 27.9 Å². The Labute approximate surface area is 180 Å². The summed E-state index contributed by atoms with van der Waals surface area (Å²) in [4.78, 5) is 13.1. The second-order valence-electron chi connectivity index (χ2n) is 7.00. The number of rotatable bonds is 4. The molecule has 1 amide bonds. The normalized spacial score (nSPS) is 12.5. The number of phenolic OH excluding ortho intramolecular Hbond substituents is 1. The molecule has 174 valence electrons. The number of nitrogens with one attached hydrogen (secondary N) is 1. The summed E-state index contributed by atoms with van der Waals surface area (Å²) >= 11 is 0. The number of aromatic hydroxyl groups is 1.